The van der Waals surface area contributed by atoms with Gasteiger partial charge in [0.25, 0.3) is 0 Å². The van der Waals surface area contributed by atoms with E-state index >= 15 is 0 Å². The molecule has 1 N–H and O–H groups in total. The van der Waals surface area contributed by atoms with E-state index in [-0.39, 0.29) is 11.7 Å². The molecule has 0 fully saturated rings. The highest BCUT2D eigenvalue weighted by Gasteiger charge is 2.25. The van der Waals surface area contributed by atoms with Gasteiger partial charge < -0.3 is 5.11 Å². The number of halogens is 1. The zero-order chi connectivity index (χ0) is 6.85. The van der Waals surface area contributed by atoms with Crippen LogP contribution in [0.25, 0.3) is 0 Å². The molecule has 50 valence electrons. The molecule has 0 aromatic carbocycles. The van der Waals surface area contributed by atoms with Gasteiger partial charge in [-0.1, -0.05) is 12.2 Å². The normalized spacial score (nSPS) is 27.0. The fourth-order valence-corrected chi connectivity index (χ4v) is 0.700. The third-order valence-corrected chi connectivity index (χ3v) is 1.15. The minimum absolute atomic E-state index is 0.0803. The topological polar surface area (TPSA) is 40.5 Å². The zero-order valence-electron chi connectivity index (χ0n) is 4.62. The van der Waals surface area contributed by atoms with E-state index in [4.69, 9.17) is 5.11 Å². The van der Waals surface area contributed by atoms with Gasteiger partial charge in [-0.25, -0.2) is 0 Å². The third-order valence-electron chi connectivity index (χ3n) is 1.15. The highest BCUT2D eigenvalue weighted by atomic mass is 19.2. The van der Waals surface area contributed by atoms with Crippen molar-refractivity contribution in [2.45, 2.75) is 6.04 Å². The van der Waals surface area contributed by atoms with Crippen LogP contribution in [-0.2, 0) is 4.79 Å². The summed E-state index contributed by atoms with van der Waals surface area (Å²) in [6.07, 6.45) is 2.81. The van der Waals surface area contributed by atoms with Gasteiger partial charge in [0.05, 0.1) is 0 Å². The van der Waals surface area contributed by atoms with Crippen molar-refractivity contribution in [3.05, 3.63) is 12.2 Å². The van der Waals surface area contributed by atoms with Gasteiger partial charge in [-0.2, -0.15) is 0 Å². The summed E-state index contributed by atoms with van der Waals surface area (Å²) < 4.78 is 12.2. The third kappa shape index (κ3) is 1.08. The molecule has 1 atom stereocenters. The van der Waals surface area contributed by atoms with Crippen LogP contribution in [0.4, 0.5) is 4.48 Å². The van der Waals surface area contributed by atoms with Crippen molar-refractivity contribution >= 4 is 5.97 Å². The largest absolute Gasteiger partial charge is 0.480 e. The second-order valence-corrected chi connectivity index (χ2v) is 1.79. The number of rotatable bonds is 1. The van der Waals surface area contributed by atoms with Crippen LogP contribution in [0.15, 0.2) is 12.2 Å². The van der Waals surface area contributed by atoms with Gasteiger partial charge in [0.1, 0.15) is 0 Å². The molecule has 4 heteroatoms. The van der Waals surface area contributed by atoms with E-state index in [0.29, 0.717) is 0 Å². The molecule has 1 rings (SSSR count). The highest BCUT2D eigenvalue weighted by molar-refractivity contribution is 5.76. The minimum Gasteiger partial charge on any atom is -0.480 e. The molecule has 0 saturated carbocycles. The lowest BCUT2D eigenvalue weighted by Gasteiger charge is -2.07. The van der Waals surface area contributed by atoms with E-state index in [1.54, 1.807) is 0 Å². The van der Waals surface area contributed by atoms with E-state index in [1.807, 2.05) is 0 Å². The second kappa shape index (κ2) is 2.14. The molecule has 0 bridgehead atoms. The molecule has 0 aromatic rings. The van der Waals surface area contributed by atoms with Crippen LogP contribution in [0.5, 0.6) is 0 Å². The van der Waals surface area contributed by atoms with Crippen LogP contribution in [0.1, 0.15) is 0 Å². The summed E-state index contributed by atoms with van der Waals surface area (Å²) in [7, 11) is 0. The van der Waals surface area contributed by atoms with E-state index in [1.165, 1.54) is 12.2 Å². The Morgan fingerprint density at radius 3 is 2.78 bits per heavy atom. The lowest BCUT2D eigenvalue weighted by molar-refractivity contribution is -0.146. The monoisotopic (exact) mass is 131 g/mol. The maximum atomic E-state index is 12.2. The standard InChI is InChI=1S/C5H6FNO2/c6-7-3-1-2-4(7)5(8)9/h1-2,4H,3H2,(H,8,9). The fraction of sp³-hybridized carbons (Fsp3) is 0.400. The molecule has 0 aliphatic carbocycles. The fourth-order valence-electron chi connectivity index (χ4n) is 0.700. The zero-order valence-corrected chi connectivity index (χ0v) is 4.62. The average molecular weight is 131 g/mol. The predicted octanol–water partition coefficient (Wildman–Crippen LogP) is 0.196. The quantitative estimate of drug-likeness (QED) is 0.408. The predicted molar refractivity (Wildman–Crippen MR) is 28.4 cm³/mol. The number of carboxylic acid groups (broad SMARTS) is 1. The van der Waals surface area contributed by atoms with Crippen molar-refractivity contribution in [3.63, 3.8) is 0 Å². The summed E-state index contributed by atoms with van der Waals surface area (Å²) in [6, 6.07) is -1.06. The van der Waals surface area contributed by atoms with Gasteiger partial charge in [0.2, 0.25) is 0 Å². The number of carbonyl (C=O) groups is 1. The number of hydrogen-bond donors (Lipinski definition) is 1. The Hall–Kier alpha value is -0.900. The lowest BCUT2D eigenvalue weighted by atomic mass is 10.3. The summed E-state index contributed by atoms with van der Waals surface area (Å²) in [5.41, 5.74) is 0. The molecular weight excluding hydrogens is 125 g/mol. The number of hydrogen-bond acceptors (Lipinski definition) is 2. The minimum atomic E-state index is -1.15. The summed E-state index contributed by atoms with van der Waals surface area (Å²) >= 11 is 0. The van der Waals surface area contributed by atoms with E-state index < -0.39 is 12.0 Å². The Balaban J connectivity index is 2.59. The molecule has 0 saturated heterocycles. The van der Waals surface area contributed by atoms with Crippen LogP contribution < -0.4 is 0 Å². The average Bonchev–Trinajstić information content (AvgIpc) is 2.13. The van der Waals surface area contributed by atoms with Gasteiger partial charge in [0.15, 0.2) is 6.04 Å². The van der Waals surface area contributed by atoms with Crippen molar-refractivity contribution < 1.29 is 14.4 Å². The summed E-state index contributed by atoms with van der Waals surface area (Å²) in [6.45, 7) is 0.0803. The molecule has 1 aliphatic heterocycles. The Morgan fingerprint density at radius 1 is 1.89 bits per heavy atom. The van der Waals surface area contributed by atoms with Crippen LogP contribution in [0, 0.1) is 0 Å². The molecule has 1 heterocycles. The molecule has 1 unspecified atom stereocenters. The first-order valence-electron chi connectivity index (χ1n) is 2.53. The van der Waals surface area contributed by atoms with Crippen molar-refractivity contribution in [3.8, 4) is 0 Å². The molecule has 3 nitrogen and oxygen atoms in total. The molecule has 0 amide bonds. The maximum Gasteiger partial charge on any atom is 0.327 e. The van der Waals surface area contributed by atoms with E-state index in [0.717, 1.165) is 0 Å². The van der Waals surface area contributed by atoms with Crippen LogP contribution in [0.2, 0.25) is 0 Å². The van der Waals surface area contributed by atoms with E-state index in [9.17, 15) is 9.28 Å². The lowest BCUT2D eigenvalue weighted by Crippen LogP contribution is -2.29. The smallest absolute Gasteiger partial charge is 0.327 e. The van der Waals surface area contributed by atoms with Crippen molar-refractivity contribution in [1.29, 1.82) is 0 Å². The van der Waals surface area contributed by atoms with Crippen LogP contribution >= 0.6 is 0 Å². The van der Waals surface area contributed by atoms with Crippen LogP contribution in [0.3, 0.4) is 0 Å². The summed E-state index contributed by atoms with van der Waals surface area (Å²) in [5.74, 6) is -1.15. The Bertz CT molecular complexity index is 157. The van der Waals surface area contributed by atoms with Gasteiger partial charge in [-0.05, 0) is 0 Å². The maximum absolute atomic E-state index is 12.2. The summed E-state index contributed by atoms with van der Waals surface area (Å²) in [5, 5.41) is 8.52. The first-order valence-corrected chi connectivity index (χ1v) is 2.53. The van der Waals surface area contributed by atoms with Gasteiger partial charge in [-0.15, -0.1) is 9.60 Å². The van der Waals surface area contributed by atoms with Gasteiger partial charge in [0, 0.05) is 6.54 Å². The van der Waals surface area contributed by atoms with Crippen molar-refractivity contribution in [2.75, 3.05) is 6.54 Å². The number of carboxylic acids is 1. The Kier molecular flexibility index (Phi) is 1.48. The van der Waals surface area contributed by atoms with Gasteiger partial charge in [-0.3, -0.25) is 4.79 Å². The number of nitrogens with zero attached hydrogens (tertiary/aromatic N) is 1. The molecule has 0 spiro atoms. The molecule has 9 heavy (non-hydrogen) atoms. The molecule has 0 aromatic heterocycles. The summed E-state index contributed by atoms with van der Waals surface area (Å²) in [4.78, 5) is 10.1. The molecular formula is C5H6FNO2. The Labute approximate surface area is 51.3 Å². The van der Waals surface area contributed by atoms with Gasteiger partial charge >= 0.3 is 5.97 Å². The van der Waals surface area contributed by atoms with E-state index in [2.05, 4.69) is 0 Å². The number of aliphatic carboxylic acids is 1. The molecule has 1 aliphatic rings. The molecule has 0 radical (unpaired) electrons. The highest BCUT2D eigenvalue weighted by Crippen LogP contribution is 2.08. The van der Waals surface area contributed by atoms with Crippen molar-refractivity contribution in [1.82, 2.24) is 5.12 Å². The van der Waals surface area contributed by atoms with Crippen LogP contribution in [-0.4, -0.2) is 28.8 Å². The second-order valence-electron chi connectivity index (χ2n) is 1.79. The Morgan fingerprint density at radius 2 is 2.56 bits per heavy atom. The van der Waals surface area contributed by atoms with Crippen molar-refractivity contribution in [2.24, 2.45) is 0 Å². The first-order chi connectivity index (χ1) is 4.22. The SMILES string of the molecule is O=C(O)C1C=CCN1F. The first kappa shape index (κ1) is 6.22.